The van der Waals surface area contributed by atoms with Gasteiger partial charge >= 0.3 is 12.1 Å². The van der Waals surface area contributed by atoms with Crippen LogP contribution in [0.1, 0.15) is 34.6 Å². The summed E-state index contributed by atoms with van der Waals surface area (Å²) in [5.41, 5.74) is 1.08. The molecule has 2 amide bonds. The lowest BCUT2D eigenvalue weighted by Gasteiger charge is -2.49. The van der Waals surface area contributed by atoms with E-state index in [0.29, 0.717) is 13.1 Å². The molecule has 0 aromatic heterocycles. The lowest BCUT2D eigenvalue weighted by atomic mass is 9.77. The summed E-state index contributed by atoms with van der Waals surface area (Å²) in [4.78, 5) is 42.8. The largest absolute Gasteiger partial charge is 0.465 e. The second-order valence-corrected chi connectivity index (χ2v) is 14.5. The van der Waals surface area contributed by atoms with Crippen LogP contribution in [-0.4, -0.2) is 88.0 Å². The number of hydrogen-bond donors (Lipinski definition) is 3. The molecule has 10 nitrogen and oxygen atoms in total. The summed E-state index contributed by atoms with van der Waals surface area (Å²) in [7, 11) is 4.79. The maximum absolute atomic E-state index is 13.3. The second-order valence-electron chi connectivity index (χ2n) is 9.06. The molecule has 190 valence electrons. The molecule has 2 radical (unpaired) electrons. The molecule has 13 heteroatoms. The zero-order valence-electron chi connectivity index (χ0n) is 21.0. The van der Waals surface area contributed by atoms with Crippen molar-refractivity contribution in [2.75, 3.05) is 26.7 Å². The Morgan fingerprint density at radius 2 is 1.91 bits per heavy atom. The zero-order valence-corrected chi connectivity index (χ0v) is 23.0. The quantitative estimate of drug-likeness (QED) is 0.184. The van der Waals surface area contributed by atoms with Crippen LogP contribution < -0.4 is 10.3 Å². The van der Waals surface area contributed by atoms with Crippen LogP contribution in [0.2, 0.25) is 18.1 Å². The molecule has 0 aliphatic carbocycles. The molecule has 2 aliphatic heterocycles. The molecule has 0 bridgehead atoms. The van der Waals surface area contributed by atoms with Gasteiger partial charge in [-0.25, -0.2) is 9.59 Å². The highest BCUT2D eigenvalue weighted by molar-refractivity contribution is 7.32. The van der Waals surface area contributed by atoms with Gasteiger partial charge < -0.3 is 34.2 Å². The Kier molecular flexibility index (Phi) is 10.6. The molecule has 1 unspecified atom stereocenters. The van der Waals surface area contributed by atoms with E-state index >= 15 is 0 Å². The van der Waals surface area contributed by atoms with Crippen molar-refractivity contribution < 1.29 is 28.4 Å². The number of rotatable bonds is 14. The molecule has 0 saturated carbocycles. The van der Waals surface area contributed by atoms with E-state index in [1.165, 1.54) is 0 Å². The zero-order chi connectivity index (χ0) is 25.6. The minimum absolute atomic E-state index is 0.0682. The number of hydrogen-bond acceptors (Lipinski definition) is 7. The van der Waals surface area contributed by atoms with Gasteiger partial charge in [0.15, 0.2) is 16.3 Å². The van der Waals surface area contributed by atoms with E-state index in [1.807, 2.05) is 25.8 Å². The van der Waals surface area contributed by atoms with Gasteiger partial charge in [0, 0.05) is 25.6 Å². The topological polar surface area (TPSA) is 120 Å². The van der Waals surface area contributed by atoms with Gasteiger partial charge in [0.1, 0.15) is 14.7 Å². The lowest BCUT2D eigenvalue weighted by molar-refractivity contribution is -0.161. The molecular weight excluding hydrogens is 474 g/mol. The third-order valence-electron chi connectivity index (χ3n) is 7.28. The Balaban J connectivity index is 2.25. The Hall–Kier alpha value is -1.46. The summed E-state index contributed by atoms with van der Waals surface area (Å²) < 4.78 is 11.9. The van der Waals surface area contributed by atoms with E-state index in [0.717, 1.165) is 23.7 Å². The van der Waals surface area contributed by atoms with E-state index in [2.05, 4.69) is 31.1 Å². The molecule has 3 N–H and O–H groups in total. The first-order chi connectivity index (χ1) is 16.1. The number of nitrogens with zero attached hydrogens (tertiary/aromatic N) is 2. The van der Waals surface area contributed by atoms with Crippen molar-refractivity contribution in [2.24, 2.45) is 11.8 Å². The average molecular weight is 512 g/mol. The van der Waals surface area contributed by atoms with E-state index in [-0.39, 0.29) is 42.1 Å². The monoisotopic (exact) mass is 512 g/mol. The van der Waals surface area contributed by atoms with Gasteiger partial charge in [0.2, 0.25) is 5.91 Å². The molecule has 2 aliphatic rings. The van der Waals surface area contributed by atoms with Crippen molar-refractivity contribution in [3.8, 4) is 0 Å². The average Bonchev–Trinajstić information content (AvgIpc) is 3.03. The lowest BCUT2D eigenvalue weighted by Crippen LogP contribution is -2.65. The Bertz CT molecular complexity index is 791. The third kappa shape index (κ3) is 6.02. The van der Waals surface area contributed by atoms with Gasteiger partial charge in [0.25, 0.3) is 0 Å². The number of fused-ring (bicyclic) bond motifs is 1. The second kappa shape index (κ2) is 12.5. The summed E-state index contributed by atoms with van der Waals surface area (Å²) >= 11 is 0. The highest BCUT2D eigenvalue weighted by Crippen LogP contribution is 2.48. The van der Waals surface area contributed by atoms with Crippen LogP contribution in [0.3, 0.4) is 0 Å². The highest BCUT2D eigenvalue weighted by atomic mass is 31.1. The number of amides is 2. The van der Waals surface area contributed by atoms with E-state index in [1.54, 1.807) is 4.90 Å². The van der Waals surface area contributed by atoms with Crippen LogP contribution >= 0.6 is 8.96 Å². The van der Waals surface area contributed by atoms with Gasteiger partial charge in [-0.3, -0.25) is 4.79 Å². The van der Waals surface area contributed by atoms with Crippen LogP contribution in [0.15, 0.2) is 11.3 Å². The number of carbonyl (C=O) groups is 3. The fraction of sp³-hybridized carbons (Fsp3) is 0.762. The molecule has 1 fully saturated rings. The fourth-order valence-corrected chi connectivity index (χ4v) is 8.33. The number of β-lactam (4-membered cyclic amide) rings is 1. The van der Waals surface area contributed by atoms with E-state index in [9.17, 15) is 14.4 Å². The van der Waals surface area contributed by atoms with Gasteiger partial charge in [0.05, 0.1) is 18.1 Å². The van der Waals surface area contributed by atoms with Gasteiger partial charge in [-0.15, -0.1) is 0 Å². The first kappa shape index (κ1) is 28.8. The first-order valence-corrected chi connectivity index (χ1v) is 15.3. The third-order valence-corrected chi connectivity index (χ3v) is 12.4. The number of likely N-dealkylation sites (N-methyl/N-ethyl adjacent to an activating group) is 1. The van der Waals surface area contributed by atoms with Gasteiger partial charge in [-0.05, 0) is 37.7 Å². The molecule has 0 aromatic carbocycles. The van der Waals surface area contributed by atoms with Crippen molar-refractivity contribution in [1.82, 2.24) is 20.1 Å². The highest BCUT2D eigenvalue weighted by Gasteiger charge is 2.60. The maximum Gasteiger partial charge on any atom is 0.404 e. The first-order valence-electron chi connectivity index (χ1n) is 11.9. The Morgan fingerprint density at radius 3 is 2.44 bits per heavy atom. The van der Waals surface area contributed by atoms with Crippen LogP contribution in [0.25, 0.3) is 0 Å². The van der Waals surface area contributed by atoms with Crippen molar-refractivity contribution in [3.63, 3.8) is 0 Å². The molecule has 0 aromatic rings. The van der Waals surface area contributed by atoms with Crippen molar-refractivity contribution in [1.29, 1.82) is 0 Å². The molecule has 0 spiro atoms. The predicted octanol–water partition coefficient (Wildman–Crippen LogP) is 2.05. The van der Waals surface area contributed by atoms with Crippen LogP contribution in [0, 0.1) is 11.8 Å². The van der Waals surface area contributed by atoms with Crippen molar-refractivity contribution in [3.05, 3.63) is 11.3 Å². The summed E-state index contributed by atoms with van der Waals surface area (Å²) in [5, 5.41) is 11.1. The number of carbonyl (C=O) groups excluding carboxylic acids is 2. The van der Waals surface area contributed by atoms with Crippen LogP contribution in [0.5, 0.6) is 0 Å². The van der Waals surface area contributed by atoms with Crippen LogP contribution in [0.4, 0.5) is 4.79 Å². The summed E-state index contributed by atoms with van der Waals surface area (Å²) in [5.74, 6) is -1.09. The van der Waals surface area contributed by atoms with Crippen LogP contribution in [-0.2, 0) is 18.5 Å². The molecule has 34 heavy (non-hydrogen) atoms. The molecule has 5 atom stereocenters. The Morgan fingerprint density at radius 1 is 1.29 bits per heavy atom. The van der Waals surface area contributed by atoms with Gasteiger partial charge in [-0.1, -0.05) is 27.7 Å². The smallest absolute Gasteiger partial charge is 0.404 e. The minimum atomic E-state index is -1.91. The predicted molar refractivity (Wildman–Crippen MR) is 135 cm³/mol. The SMILES string of the molecule is [B]NPOC(=O)C1=C(CN(C)CCNC(=O)O)[C@H](C)[C@@H]2[C@@H]([C@@H](C)O[Si](CC)(CC)CC)C(=O)N12. The Labute approximate surface area is 206 Å². The number of carboxylic acid groups (broad SMARTS) is 1. The standard InChI is InChI=1S/C21H38BN4O6PSi/c1-7-34(8-2,9-3)32-14(5)16-17-13(4)15(12-25(6)11-10-23-21(29)30)18(26(17)19(16)27)20(28)31-33-24-22/h13-14,16-17,23-24,33H,7-12H2,1-6H3,(H,29,30)/t13-,14+,16+,17+/m0/s1. The fourth-order valence-electron chi connectivity index (χ4n) is 5.14. The maximum atomic E-state index is 13.3. The molecule has 2 rings (SSSR count). The van der Waals surface area contributed by atoms with Crippen molar-refractivity contribution in [2.45, 2.75) is 64.9 Å². The normalized spacial score (nSPS) is 23.4. The summed E-state index contributed by atoms with van der Waals surface area (Å²) in [6.45, 7) is 11.6. The summed E-state index contributed by atoms with van der Waals surface area (Å²) in [6.07, 6.45) is -1.32. The van der Waals surface area contributed by atoms with Gasteiger partial charge in [-0.2, -0.15) is 0 Å². The van der Waals surface area contributed by atoms with Crippen molar-refractivity contribution >= 4 is 43.2 Å². The molecule has 2 heterocycles. The minimum Gasteiger partial charge on any atom is -0.465 e. The number of nitrogens with one attached hydrogen (secondary N) is 2. The van der Waals surface area contributed by atoms with E-state index in [4.69, 9.17) is 22.0 Å². The molecular formula is C21H38BN4O6PSi. The molecule has 1 saturated heterocycles. The summed E-state index contributed by atoms with van der Waals surface area (Å²) in [6, 6.07) is 2.83. The van der Waals surface area contributed by atoms with E-state index < -0.39 is 29.3 Å².